The summed E-state index contributed by atoms with van der Waals surface area (Å²) in [5.41, 5.74) is 8.42. The number of rotatable bonds is 15. The number of hydrazine groups is 1. The second kappa shape index (κ2) is 18.2. The van der Waals surface area contributed by atoms with Gasteiger partial charge in [-0.1, -0.05) is 121 Å². The molecule has 0 bridgehead atoms. The van der Waals surface area contributed by atoms with Crippen LogP contribution in [0.5, 0.6) is 0 Å². The van der Waals surface area contributed by atoms with Gasteiger partial charge < -0.3 is 29.7 Å². The summed E-state index contributed by atoms with van der Waals surface area (Å²) in [5, 5.41) is 1.34. The molecule has 1 aliphatic rings. The third-order valence-electron chi connectivity index (χ3n) is 8.53. The maximum Gasteiger partial charge on any atom is 0.194 e. The van der Waals surface area contributed by atoms with E-state index in [-0.39, 0.29) is 31.1 Å². The normalized spacial score (nSPS) is 20.5. The van der Waals surface area contributed by atoms with Gasteiger partial charge >= 0.3 is 0 Å². The van der Waals surface area contributed by atoms with Gasteiger partial charge in [-0.2, -0.15) is 0 Å². The molecule has 5 unspecified atom stereocenters. The Morgan fingerprint density at radius 3 is 1.71 bits per heavy atom. The number of hydrogen-bond acceptors (Lipinski definition) is 8. The fourth-order valence-corrected chi connectivity index (χ4v) is 7.08. The molecule has 0 saturated carbocycles. The van der Waals surface area contributed by atoms with Crippen LogP contribution < -0.4 is 11.6 Å². The highest BCUT2D eigenvalue weighted by Gasteiger charge is 2.50. The van der Waals surface area contributed by atoms with Crippen molar-refractivity contribution in [1.82, 2.24) is 5.01 Å². The molecule has 5 aromatic carbocycles. The smallest absolute Gasteiger partial charge is 0.194 e. The predicted molar refractivity (Wildman–Crippen MR) is 195 cm³/mol. The molecule has 5 atom stereocenters. The number of ether oxygens (including phenoxy) is 4. The fraction of sp³-hybridized carbons (Fsp3) is 0.220. The Labute approximate surface area is 305 Å². The van der Waals surface area contributed by atoms with Gasteiger partial charge in [0.1, 0.15) is 29.8 Å². The van der Waals surface area contributed by atoms with Crippen molar-refractivity contribution in [2.45, 2.75) is 54.5 Å². The van der Waals surface area contributed by atoms with Gasteiger partial charge in [0.15, 0.2) is 17.5 Å². The molecule has 1 heterocycles. The van der Waals surface area contributed by atoms with Gasteiger partial charge in [-0.3, -0.25) is 0 Å². The molecule has 5 aromatic rings. The summed E-state index contributed by atoms with van der Waals surface area (Å²) >= 11 is 1.47. The van der Waals surface area contributed by atoms with Crippen molar-refractivity contribution >= 4 is 17.5 Å². The number of thioether (sulfide) groups is 1. The van der Waals surface area contributed by atoms with E-state index in [0.29, 0.717) is 6.61 Å². The zero-order valence-corrected chi connectivity index (χ0v) is 29.1. The second-order valence-electron chi connectivity index (χ2n) is 12.3. The summed E-state index contributed by atoms with van der Waals surface area (Å²) in [5.74, 6) is 2.57. The monoisotopic (exact) mass is 727 g/mol. The number of nitrogens with zero attached hydrogens (tertiary/aromatic N) is 1. The second-order valence-corrected chi connectivity index (χ2v) is 13.4. The van der Waals surface area contributed by atoms with Crippen LogP contribution in [0.1, 0.15) is 22.3 Å². The topological polar surface area (TPSA) is 92.2 Å². The van der Waals surface area contributed by atoms with Gasteiger partial charge in [0.05, 0.1) is 32.1 Å². The first-order chi connectivity index (χ1) is 25.4. The molecular weight excluding hydrogens is 688 g/mol. The van der Waals surface area contributed by atoms with Crippen molar-refractivity contribution in [3.8, 4) is 0 Å². The predicted octanol–water partition coefficient (Wildman–Crippen LogP) is 7.81. The van der Waals surface area contributed by atoms with Crippen LogP contribution >= 0.6 is 11.8 Å². The van der Waals surface area contributed by atoms with Crippen LogP contribution in [-0.2, 0) is 38.8 Å². The number of benzene rings is 5. The van der Waals surface area contributed by atoms with Gasteiger partial charge in [0.2, 0.25) is 0 Å². The summed E-state index contributed by atoms with van der Waals surface area (Å²) < 4.78 is 68.9. The van der Waals surface area contributed by atoms with Gasteiger partial charge in [-0.15, -0.1) is 0 Å². The summed E-state index contributed by atoms with van der Waals surface area (Å²) in [4.78, 5) is 0.933. The lowest BCUT2D eigenvalue weighted by Gasteiger charge is -2.48. The van der Waals surface area contributed by atoms with Gasteiger partial charge in [-0.25, -0.2) is 19.0 Å². The lowest BCUT2D eigenvalue weighted by atomic mass is 9.95. The van der Waals surface area contributed by atoms with E-state index in [0.717, 1.165) is 33.7 Å². The van der Waals surface area contributed by atoms with E-state index >= 15 is 0 Å². The first kappa shape index (κ1) is 37.1. The molecule has 270 valence electrons. The highest BCUT2D eigenvalue weighted by Crippen LogP contribution is 2.38. The summed E-state index contributed by atoms with van der Waals surface area (Å²) in [6.45, 7) is 0.911. The van der Waals surface area contributed by atoms with Crippen LogP contribution in [-0.4, -0.2) is 41.4 Å². The van der Waals surface area contributed by atoms with Crippen LogP contribution in [0.15, 0.2) is 145 Å². The van der Waals surface area contributed by atoms with Crippen molar-refractivity contribution in [2.75, 3.05) is 6.61 Å². The van der Waals surface area contributed by atoms with Crippen LogP contribution in [0.3, 0.4) is 0 Å². The van der Waals surface area contributed by atoms with Crippen LogP contribution in [0.4, 0.5) is 13.2 Å². The average molecular weight is 728 g/mol. The van der Waals surface area contributed by atoms with Crippen molar-refractivity contribution in [3.05, 3.63) is 179 Å². The van der Waals surface area contributed by atoms with Crippen molar-refractivity contribution in [1.29, 1.82) is 0 Å². The van der Waals surface area contributed by atoms with Crippen LogP contribution in [0.25, 0.3) is 5.70 Å². The average Bonchev–Trinajstić information content (AvgIpc) is 3.17. The summed E-state index contributed by atoms with van der Waals surface area (Å²) in [7, 11) is 0. The fourth-order valence-electron chi connectivity index (χ4n) is 5.92. The van der Waals surface area contributed by atoms with E-state index in [9.17, 15) is 13.2 Å². The van der Waals surface area contributed by atoms with E-state index in [1.807, 2.05) is 121 Å². The molecule has 4 N–H and O–H groups in total. The maximum absolute atomic E-state index is 14.3. The molecule has 0 spiro atoms. The molecular formula is C41H40F3N3O4S. The summed E-state index contributed by atoms with van der Waals surface area (Å²) in [6, 6.07) is 39.8. The highest BCUT2D eigenvalue weighted by molar-refractivity contribution is 7.99. The Hall–Kier alpha value is -4.62. The Kier molecular flexibility index (Phi) is 13.0. The van der Waals surface area contributed by atoms with E-state index in [4.69, 9.17) is 30.5 Å². The van der Waals surface area contributed by atoms with Crippen molar-refractivity contribution in [2.24, 2.45) is 11.6 Å². The molecule has 1 saturated heterocycles. The number of hydrogen-bond donors (Lipinski definition) is 2. The van der Waals surface area contributed by atoms with Gasteiger partial charge in [0.25, 0.3) is 0 Å². The minimum atomic E-state index is -1.59. The van der Waals surface area contributed by atoms with E-state index in [2.05, 4.69) is 0 Å². The zero-order valence-electron chi connectivity index (χ0n) is 28.3. The van der Waals surface area contributed by atoms with E-state index in [1.165, 1.54) is 23.0 Å². The Balaban J connectivity index is 1.39. The van der Waals surface area contributed by atoms with Gasteiger partial charge in [-0.05, 0) is 41.0 Å². The quantitative estimate of drug-likeness (QED) is 0.0642. The largest absolute Gasteiger partial charge is 0.397 e. The number of halogens is 3. The van der Waals surface area contributed by atoms with Gasteiger partial charge in [0, 0.05) is 16.7 Å². The zero-order chi connectivity index (χ0) is 36.3. The molecule has 52 heavy (non-hydrogen) atoms. The lowest BCUT2D eigenvalue weighted by Crippen LogP contribution is -2.65. The summed E-state index contributed by atoms with van der Waals surface area (Å²) in [6.07, 6.45) is -0.810. The molecule has 0 radical (unpaired) electrons. The Bertz CT molecular complexity index is 1850. The Morgan fingerprint density at radius 1 is 0.692 bits per heavy atom. The van der Waals surface area contributed by atoms with Crippen LogP contribution in [0.2, 0.25) is 0 Å². The third kappa shape index (κ3) is 9.82. The first-order valence-corrected chi connectivity index (χ1v) is 17.7. The highest BCUT2D eigenvalue weighted by atomic mass is 32.2. The van der Waals surface area contributed by atoms with Crippen molar-refractivity contribution < 1.29 is 32.1 Å². The molecule has 0 aliphatic carbocycles. The molecule has 0 aromatic heterocycles. The lowest BCUT2D eigenvalue weighted by molar-refractivity contribution is -0.221. The minimum Gasteiger partial charge on any atom is -0.397 e. The van der Waals surface area contributed by atoms with Crippen molar-refractivity contribution in [3.63, 3.8) is 0 Å². The molecule has 0 amide bonds. The third-order valence-corrected chi connectivity index (χ3v) is 9.68. The van der Waals surface area contributed by atoms with Crippen LogP contribution in [0, 0.1) is 17.5 Å². The molecule has 11 heteroatoms. The minimum absolute atomic E-state index is 0.0830. The molecule has 1 aliphatic heterocycles. The molecule has 7 nitrogen and oxygen atoms in total. The first-order valence-electron chi connectivity index (χ1n) is 16.8. The maximum atomic E-state index is 14.3. The Morgan fingerprint density at radius 2 is 1.17 bits per heavy atom. The molecule has 6 rings (SSSR count). The number of nitrogens with two attached hydrogens (primary N) is 2. The SMILES string of the molecule is N/C(=C\N(N)C1C(OCc2ccccc2)C(COCc2ccccc2)OC(Sc2ccccc2)C1OCc1ccccc1)c1cc(F)c(F)c(F)c1. The standard InChI is InChI=1S/C41H40F3N3O4S/c42-33-21-31(22-34(43)37(33)44)35(45)23-47(46)38-39(49-25-29-15-7-2-8-16-29)36(27-48-24-28-13-5-1-6-14-28)51-41(52-32-19-11-4-12-20-32)40(38)50-26-30-17-9-3-10-18-30/h1-23,36,38-41H,24-27,45-46H2/b35-23-. The van der Waals surface area contributed by atoms with E-state index < -0.39 is 47.2 Å². The molecule has 1 fully saturated rings. The van der Waals surface area contributed by atoms with E-state index in [1.54, 1.807) is 0 Å².